The van der Waals surface area contributed by atoms with Gasteiger partial charge in [0.15, 0.2) is 17.8 Å². The summed E-state index contributed by atoms with van der Waals surface area (Å²) in [5, 5.41) is 21.6. The molecule has 5 rings (SSSR count). The maximum atomic E-state index is 11.4. The highest BCUT2D eigenvalue weighted by molar-refractivity contribution is 7.98. The molecule has 3 aromatic carbocycles. The van der Waals surface area contributed by atoms with Crippen LogP contribution < -0.4 is 4.74 Å². The molecule has 1 aromatic heterocycles. The van der Waals surface area contributed by atoms with Gasteiger partial charge in [-0.15, -0.1) is 10.2 Å². The summed E-state index contributed by atoms with van der Waals surface area (Å²) in [5.74, 6) is 1.71. The van der Waals surface area contributed by atoms with E-state index in [1.807, 2.05) is 59.2 Å². The molecule has 0 saturated carbocycles. The molecule has 0 amide bonds. The molecule has 2 heterocycles. The van der Waals surface area contributed by atoms with Gasteiger partial charge in [0.2, 0.25) is 0 Å². The number of rotatable bonds is 6. The molecule has 0 bridgehead atoms. The topological polar surface area (TPSA) is 92.3 Å². The molecule has 0 saturated heterocycles. The van der Waals surface area contributed by atoms with Crippen LogP contribution in [0.1, 0.15) is 11.1 Å². The number of nitrogens with zero attached hydrogens (tertiary/aromatic N) is 4. The standard InChI is InChI=1S/C23H17ClN4O4S/c24-18-8-6-15(7-9-18)22-25-26-23(27(22)19-4-2-1-3-5-19)33-13-17-11-20(28(29)30)10-16-12-31-14-32-21(16)17/h1-11H,12-14H2. The Bertz CT molecular complexity index is 1310. The molecule has 1 aliphatic heterocycles. The zero-order chi connectivity index (χ0) is 22.8. The average molecular weight is 481 g/mol. The number of ether oxygens (including phenoxy) is 2. The maximum Gasteiger partial charge on any atom is 0.270 e. The Kier molecular flexibility index (Phi) is 5.99. The van der Waals surface area contributed by atoms with Gasteiger partial charge in [0.05, 0.1) is 11.5 Å². The van der Waals surface area contributed by atoms with Gasteiger partial charge >= 0.3 is 0 Å². The van der Waals surface area contributed by atoms with Crippen molar-refractivity contribution in [2.45, 2.75) is 17.5 Å². The van der Waals surface area contributed by atoms with Crippen molar-refractivity contribution < 1.29 is 14.4 Å². The number of fused-ring (bicyclic) bond motifs is 1. The van der Waals surface area contributed by atoms with E-state index in [-0.39, 0.29) is 19.1 Å². The molecular formula is C23H17ClN4O4S. The number of para-hydroxylation sites is 1. The third-order valence-electron chi connectivity index (χ3n) is 5.09. The average Bonchev–Trinajstić information content (AvgIpc) is 3.27. The van der Waals surface area contributed by atoms with Crippen LogP contribution in [0.5, 0.6) is 5.75 Å². The van der Waals surface area contributed by atoms with Crippen LogP contribution in [0.4, 0.5) is 5.69 Å². The first-order chi connectivity index (χ1) is 16.1. The van der Waals surface area contributed by atoms with Gasteiger partial charge in [0.1, 0.15) is 5.75 Å². The Morgan fingerprint density at radius 2 is 1.88 bits per heavy atom. The number of halogens is 1. The smallest absolute Gasteiger partial charge is 0.270 e. The van der Waals surface area contributed by atoms with Crippen molar-refractivity contribution in [3.63, 3.8) is 0 Å². The van der Waals surface area contributed by atoms with Crippen molar-refractivity contribution >= 4 is 29.1 Å². The van der Waals surface area contributed by atoms with Crippen LogP contribution in [0.3, 0.4) is 0 Å². The van der Waals surface area contributed by atoms with Crippen molar-refractivity contribution in [2.24, 2.45) is 0 Å². The Hall–Kier alpha value is -3.40. The first kappa shape index (κ1) is 21.4. The molecule has 0 atom stereocenters. The summed E-state index contributed by atoms with van der Waals surface area (Å²) in [6, 6.07) is 20.2. The molecular weight excluding hydrogens is 464 g/mol. The fourth-order valence-corrected chi connectivity index (χ4v) is 4.64. The number of hydrogen-bond donors (Lipinski definition) is 0. The number of nitro benzene ring substituents is 1. The van der Waals surface area contributed by atoms with E-state index in [1.54, 1.807) is 6.07 Å². The van der Waals surface area contributed by atoms with E-state index >= 15 is 0 Å². The minimum Gasteiger partial charge on any atom is -0.467 e. The lowest BCUT2D eigenvalue weighted by atomic mass is 10.1. The Morgan fingerprint density at radius 1 is 1.09 bits per heavy atom. The van der Waals surface area contributed by atoms with Gasteiger partial charge in [-0.25, -0.2) is 0 Å². The predicted molar refractivity (Wildman–Crippen MR) is 125 cm³/mol. The second-order valence-electron chi connectivity index (χ2n) is 7.23. The van der Waals surface area contributed by atoms with Crippen LogP contribution in [0.2, 0.25) is 5.02 Å². The van der Waals surface area contributed by atoms with Crippen LogP contribution in [0, 0.1) is 10.1 Å². The molecule has 10 heteroatoms. The summed E-state index contributed by atoms with van der Waals surface area (Å²) in [6.45, 7) is 0.388. The monoisotopic (exact) mass is 480 g/mol. The molecule has 4 aromatic rings. The zero-order valence-electron chi connectivity index (χ0n) is 17.2. The highest BCUT2D eigenvalue weighted by atomic mass is 35.5. The van der Waals surface area contributed by atoms with E-state index < -0.39 is 4.92 Å². The lowest BCUT2D eigenvalue weighted by Gasteiger charge is -2.20. The second-order valence-corrected chi connectivity index (χ2v) is 8.61. The van der Waals surface area contributed by atoms with Gasteiger partial charge < -0.3 is 9.47 Å². The Morgan fingerprint density at radius 3 is 2.64 bits per heavy atom. The number of hydrogen-bond acceptors (Lipinski definition) is 7. The normalized spacial score (nSPS) is 12.8. The molecule has 0 radical (unpaired) electrons. The van der Waals surface area contributed by atoms with E-state index in [0.29, 0.717) is 38.6 Å². The van der Waals surface area contributed by atoms with Gasteiger partial charge in [0.25, 0.3) is 5.69 Å². The predicted octanol–water partition coefficient (Wildman–Crippen LogP) is 5.65. The molecule has 33 heavy (non-hydrogen) atoms. The fraction of sp³-hybridized carbons (Fsp3) is 0.130. The van der Waals surface area contributed by atoms with Crippen molar-refractivity contribution in [3.05, 3.63) is 93.0 Å². The quantitative estimate of drug-likeness (QED) is 0.200. The van der Waals surface area contributed by atoms with Crippen LogP contribution in [-0.4, -0.2) is 26.5 Å². The number of aromatic nitrogens is 3. The van der Waals surface area contributed by atoms with Crippen molar-refractivity contribution in [1.29, 1.82) is 0 Å². The minimum atomic E-state index is -0.409. The minimum absolute atomic E-state index is 0.00447. The molecule has 8 nitrogen and oxygen atoms in total. The Balaban J connectivity index is 1.53. The number of nitro groups is 1. The van der Waals surface area contributed by atoms with Crippen molar-refractivity contribution in [3.8, 4) is 22.8 Å². The van der Waals surface area contributed by atoms with Gasteiger partial charge in [-0.1, -0.05) is 41.6 Å². The van der Waals surface area contributed by atoms with Crippen LogP contribution in [0.15, 0.2) is 71.9 Å². The molecule has 0 aliphatic carbocycles. The number of non-ortho nitro benzene ring substituents is 1. The van der Waals surface area contributed by atoms with Gasteiger partial charge in [-0.05, 0) is 36.4 Å². The van der Waals surface area contributed by atoms with Gasteiger partial charge in [0, 0.05) is 45.3 Å². The molecule has 166 valence electrons. The number of thioether (sulfide) groups is 1. The van der Waals surface area contributed by atoms with Crippen molar-refractivity contribution in [1.82, 2.24) is 14.8 Å². The Labute approximate surface area is 198 Å². The van der Waals surface area contributed by atoms with E-state index in [1.165, 1.54) is 17.8 Å². The van der Waals surface area contributed by atoms with E-state index in [4.69, 9.17) is 21.1 Å². The molecule has 1 aliphatic rings. The summed E-state index contributed by atoms with van der Waals surface area (Å²) in [4.78, 5) is 11.0. The summed E-state index contributed by atoms with van der Waals surface area (Å²) in [6.07, 6.45) is 0. The van der Waals surface area contributed by atoms with E-state index in [2.05, 4.69) is 10.2 Å². The lowest BCUT2D eigenvalue weighted by Crippen LogP contribution is -2.13. The third kappa shape index (κ3) is 4.43. The van der Waals surface area contributed by atoms with E-state index in [9.17, 15) is 10.1 Å². The summed E-state index contributed by atoms with van der Waals surface area (Å²) >= 11 is 7.48. The SMILES string of the molecule is O=[N+]([O-])c1cc2c(c(CSc3nnc(-c4ccc(Cl)cc4)n3-c3ccccc3)c1)OCOC2. The highest BCUT2D eigenvalue weighted by Gasteiger charge is 2.22. The molecule has 0 unspecified atom stereocenters. The van der Waals surface area contributed by atoms with Crippen LogP contribution in [0.25, 0.3) is 17.1 Å². The second kappa shape index (κ2) is 9.22. The van der Waals surface area contributed by atoms with Gasteiger partial charge in [-0.3, -0.25) is 14.7 Å². The lowest BCUT2D eigenvalue weighted by molar-refractivity contribution is -0.385. The van der Waals surface area contributed by atoms with Crippen LogP contribution in [-0.2, 0) is 17.1 Å². The molecule has 0 spiro atoms. The highest BCUT2D eigenvalue weighted by Crippen LogP contribution is 2.37. The largest absolute Gasteiger partial charge is 0.467 e. The van der Waals surface area contributed by atoms with Gasteiger partial charge in [-0.2, -0.15) is 0 Å². The first-order valence-corrected chi connectivity index (χ1v) is 11.4. The maximum absolute atomic E-state index is 11.4. The first-order valence-electron chi connectivity index (χ1n) is 10.0. The fourth-order valence-electron chi connectivity index (χ4n) is 3.59. The summed E-state index contributed by atoms with van der Waals surface area (Å²) in [5.41, 5.74) is 3.15. The van der Waals surface area contributed by atoms with E-state index in [0.717, 1.165) is 11.3 Å². The molecule has 0 N–H and O–H groups in total. The van der Waals surface area contributed by atoms with Crippen molar-refractivity contribution in [2.75, 3.05) is 6.79 Å². The summed E-state index contributed by atoms with van der Waals surface area (Å²) in [7, 11) is 0. The third-order valence-corrected chi connectivity index (χ3v) is 6.32. The molecule has 0 fully saturated rings. The summed E-state index contributed by atoms with van der Waals surface area (Å²) < 4.78 is 12.9. The zero-order valence-corrected chi connectivity index (χ0v) is 18.8. The number of benzene rings is 3. The van der Waals surface area contributed by atoms with Crippen LogP contribution >= 0.6 is 23.4 Å².